The monoisotopic (exact) mass is 319 g/mol. The molecular formula is C16H30ClNO3. The molecule has 0 aromatic rings. The van der Waals surface area contributed by atoms with E-state index in [-0.39, 0.29) is 12.7 Å². The summed E-state index contributed by atoms with van der Waals surface area (Å²) in [6, 6.07) is 1.99. The van der Waals surface area contributed by atoms with E-state index in [2.05, 4.69) is 0 Å². The van der Waals surface area contributed by atoms with Crippen molar-refractivity contribution >= 4 is 11.6 Å². The third-order valence-corrected chi connectivity index (χ3v) is 4.01. The van der Waals surface area contributed by atoms with E-state index in [4.69, 9.17) is 26.3 Å². The van der Waals surface area contributed by atoms with E-state index in [0.29, 0.717) is 11.8 Å². The molecule has 0 bridgehead atoms. The zero-order valence-corrected chi connectivity index (χ0v) is 14.1. The fraction of sp³-hybridized carbons (Fsp3) is 0.938. The molecule has 0 saturated heterocycles. The summed E-state index contributed by atoms with van der Waals surface area (Å²) in [5.74, 6) is 1.07. The van der Waals surface area contributed by atoms with Crippen LogP contribution in [-0.4, -0.2) is 37.6 Å². The number of halogens is 1. The lowest BCUT2D eigenvalue weighted by atomic mass is 9.95. The summed E-state index contributed by atoms with van der Waals surface area (Å²) in [7, 11) is 3.36. The molecule has 0 heterocycles. The molecule has 4 nitrogen and oxygen atoms in total. The molecule has 0 aliphatic rings. The molecule has 1 unspecified atom stereocenters. The quantitative estimate of drug-likeness (QED) is 0.300. The van der Waals surface area contributed by atoms with Crippen molar-refractivity contribution in [2.24, 2.45) is 5.92 Å². The predicted octanol–water partition coefficient (Wildman–Crippen LogP) is 3.86. The number of alkyl halides is 1. The highest BCUT2D eigenvalue weighted by Gasteiger charge is 2.19. The van der Waals surface area contributed by atoms with Gasteiger partial charge in [-0.2, -0.15) is 5.26 Å². The average molecular weight is 320 g/mol. The number of rotatable bonds is 14. The molecule has 0 amide bonds. The van der Waals surface area contributed by atoms with Crippen molar-refractivity contribution in [2.45, 2.75) is 70.2 Å². The molecular weight excluding hydrogens is 290 g/mol. The van der Waals surface area contributed by atoms with E-state index in [1.807, 2.05) is 6.07 Å². The number of ether oxygens (including phenoxy) is 2. The average Bonchev–Trinajstić information content (AvgIpc) is 2.48. The first-order valence-electron chi connectivity index (χ1n) is 7.86. The molecule has 2 atom stereocenters. The van der Waals surface area contributed by atoms with Crippen LogP contribution < -0.4 is 0 Å². The third-order valence-electron chi connectivity index (χ3n) is 3.75. The van der Waals surface area contributed by atoms with Crippen LogP contribution in [0.4, 0.5) is 0 Å². The van der Waals surface area contributed by atoms with Crippen molar-refractivity contribution in [1.82, 2.24) is 0 Å². The molecule has 1 N–H and O–H groups in total. The Hall–Kier alpha value is -0.340. The summed E-state index contributed by atoms with van der Waals surface area (Å²) in [5.41, 5.74) is 0. The number of hydrogen-bond acceptors (Lipinski definition) is 4. The second-order valence-electron chi connectivity index (χ2n) is 5.44. The Labute approximate surface area is 134 Å². The van der Waals surface area contributed by atoms with Crippen LogP contribution >= 0.6 is 11.6 Å². The molecule has 0 aromatic heterocycles. The highest BCUT2D eigenvalue weighted by Crippen LogP contribution is 2.23. The third kappa shape index (κ3) is 11.0. The maximum Gasteiger partial charge on any atom is 0.159 e. The molecule has 0 aliphatic heterocycles. The van der Waals surface area contributed by atoms with Gasteiger partial charge in [0.1, 0.15) is 0 Å². The highest BCUT2D eigenvalue weighted by atomic mass is 35.5. The lowest BCUT2D eigenvalue weighted by molar-refractivity contribution is -0.140. The minimum Gasteiger partial charge on any atom is -0.392 e. The molecule has 5 heteroatoms. The van der Waals surface area contributed by atoms with Crippen LogP contribution in [0.3, 0.4) is 0 Å². The Morgan fingerprint density at radius 1 is 1.00 bits per heavy atom. The molecule has 124 valence electrons. The largest absolute Gasteiger partial charge is 0.392 e. The van der Waals surface area contributed by atoms with Crippen LogP contribution in [0.2, 0.25) is 0 Å². The molecule has 0 aromatic carbocycles. The zero-order valence-electron chi connectivity index (χ0n) is 13.4. The summed E-state index contributed by atoms with van der Waals surface area (Å²) in [6.07, 6.45) is 7.77. The Morgan fingerprint density at radius 2 is 1.57 bits per heavy atom. The van der Waals surface area contributed by atoms with Gasteiger partial charge in [0.05, 0.1) is 18.6 Å². The topological polar surface area (TPSA) is 62.5 Å². The van der Waals surface area contributed by atoms with E-state index in [0.717, 1.165) is 51.4 Å². The van der Waals surface area contributed by atoms with Gasteiger partial charge >= 0.3 is 0 Å². The minimum absolute atomic E-state index is 0.148. The SMILES string of the molecule is COC(OC)C(CCCCl)CCCCCC[C@@H](O)CC#N. The van der Waals surface area contributed by atoms with Crippen molar-refractivity contribution in [3.63, 3.8) is 0 Å². The van der Waals surface area contributed by atoms with E-state index in [1.54, 1.807) is 14.2 Å². The Bertz CT molecular complexity index is 267. The minimum atomic E-state index is -0.460. The van der Waals surface area contributed by atoms with Gasteiger partial charge in [-0.25, -0.2) is 0 Å². The van der Waals surface area contributed by atoms with Crippen LogP contribution in [0.1, 0.15) is 57.8 Å². The zero-order chi connectivity index (χ0) is 15.9. The summed E-state index contributed by atoms with van der Waals surface area (Å²) in [6.45, 7) is 0. The van der Waals surface area contributed by atoms with Crippen LogP contribution in [0.15, 0.2) is 0 Å². The van der Waals surface area contributed by atoms with Gasteiger partial charge < -0.3 is 14.6 Å². The number of aliphatic hydroxyl groups excluding tert-OH is 1. The number of methoxy groups -OCH3 is 2. The maximum atomic E-state index is 9.46. The Balaban J connectivity index is 3.79. The Kier molecular flexibility index (Phi) is 14.4. The van der Waals surface area contributed by atoms with E-state index in [1.165, 1.54) is 0 Å². The maximum absolute atomic E-state index is 9.46. The van der Waals surface area contributed by atoms with Gasteiger partial charge in [0, 0.05) is 26.0 Å². The summed E-state index contributed by atoms with van der Waals surface area (Å²) in [5, 5.41) is 17.9. The van der Waals surface area contributed by atoms with Crippen molar-refractivity contribution in [1.29, 1.82) is 5.26 Å². The number of unbranched alkanes of at least 4 members (excludes halogenated alkanes) is 3. The van der Waals surface area contributed by atoms with Gasteiger partial charge in [-0.15, -0.1) is 11.6 Å². The van der Waals surface area contributed by atoms with Crippen molar-refractivity contribution < 1.29 is 14.6 Å². The first-order chi connectivity index (χ1) is 10.2. The van der Waals surface area contributed by atoms with Crippen LogP contribution in [-0.2, 0) is 9.47 Å². The van der Waals surface area contributed by atoms with E-state index < -0.39 is 6.10 Å². The normalized spacial score (nSPS) is 14.1. The molecule has 0 saturated carbocycles. The molecule has 0 spiro atoms. The van der Waals surface area contributed by atoms with Crippen molar-refractivity contribution in [3.8, 4) is 6.07 Å². The fourth-order valence-electron chi connectivity index (χ4n) is 2.58. The lowest BCUT2D eigenvalue weighted by Crippen LogP contribution is -2.25. The molecule has 0 aliphatic carbocycles. The smallest absolute Gasteiger partial charge is 0.159 e. The van der Waals surface area contributed by atoms with E-state index in [9.17, 15) is 5.11 Å². The molecule has 0 radical (unpaired) electrons. The van der Waals surface area contributed by atoms with Gasteiger partial charge in [-0.1, -0.05) is 25.7 Å². The molecule has 21 heavy (non-hydrogen) atoms. The summed E-state index contributed by atoms with van der Waals surface area (Å²) >= 11 is 5.77. The van der Waals surface area contributed by atoms with Gasteiger partial charge in [-0.05, 0) is 25.7 Å². The van der Waals surface area contributed by atoms with Crippen LogP contribution in [0.25, 0.3) is 0 Å². The number of aliphatic hydroxyl groups is 1. The molecule has 0 fully saturated rings. The number of nitriles is 1. The van der Waals surface area contributed by atoms with Crippen LogP contribution in [0.5, 0.6) is 0 Å². The van der Waals surface area contributed by atoms with Gasteiger partial charge in [0.15, 0.2) is 6.29 Å². The van der Waals surface area contributed by atoms with Crippen LogP contribution in [0, 0.1) is 17.2 Å². The number of nitrogens with zero attached hydrogens (tertiary/aromatic N) is 1. The standard InChI is InChI=1S/C16H30ClNO3/c1-20-16(21-2)14(9-7-12-17)8-5-3-4-6-10-15(19)11-13-18/h14-16,19H,3-12H2,1-2H3/t14?,15-/m1/s1. The fourth-order valence-corrected chi connectivity index (χ4v) is 2.74. The van der Waals surface area contributed by atoms with E-state index >= 15 is 0 Å². The van der Waals surface area contributed by atoms with Crippen molar-refractivity contribution in [2.75, 3.05) is 20.1 Å². The first-order valence-corrected chi connectivity index (χ1v) is 8.39. The lowest BCUT2D eigenvalue weighted by Gasteiger charge is -2.24. The molecule has 0 rings (SSSR count). The predicted molar refractivity (Wildman–Crippen MR) is 85.2 cm³/mol. The van der Waals surface area contributed by atoms with Gasteiger partial charge in [0.2, 0.25) is 0 Å². The Morgan fingerprint density at radius 3 is 2.10 bits per heavy atom. The second-order valence-corrected chi connectivity index (χ2v) is 5.82. The van der Waals surface area contributed by atoms with Crippen molar-refractivity contribution in [3.05, 3.63) is 0 Å². The van der Waals surface area contributed by atoms with Gasteiger partial charge in [-0.3, -0.25) is 0 Å². The summed E-state index contributed by atoms with van der Waals surface area (Å²) in [4.78, 5) is 0. The first kappa shape index (κ1) is 20.7. The number of hydrogen-bond donors (Lipinski definition) is 1. The van der Waals surface area contributed by atoms with Gasteiger partial charge in [0.25, 0.3) is 0 Å². The highest BCUT2D eigenvalue weighted by molar-refractivity contribution is 6.17. The summed E-state index contributed by atoms with van der Waals surface area (Å²) < 4.78 is 10.7. The second kappa shape index (κ2) is 14.6.